The molecule has 1 aromatic carbocycles. The molecule has 2 saturated heterocycles. The van der Waals surface area contributed by atoms with Crippen LogP contribution in [0.3, 0.4) is 0 Å². The molecule has 4 heterocycles. The van der Waals surface area contributed by atoms with E-state index in [1.165, 1.54) is 23.6 Å². The van der Waals surface area contributed by atoms with E-state index in [-0.39, 0.29) is 23.2 Å². The predicted molar refractivity (Wildman–Crippen MR) is 117 cm³/mol. The zero-order valence-electron chi connectivity index (χ0n) is 18.6. The molecule has 2 fully saturated rings. The van der Waals surface area contributed by atoms with Crippen LogP contribution in [0.4, 0.5) is 4.39 Å². The summed E-state index contributed by atoms with van der Waals surface area (Å²) in [5, 5.41) is 13.1. The molecule has 1 N–H and O–H groups in total. The summed E-state index contributed by atoms with van der Waals surface area (Å²) in [6, 6.07) is 5.06. The number of nitrogens with zero attached hydrogens (tertiary/aromatic N) is 5. The van der Waals surface area contributed by atoms with Gasteiger partial charge in [-0.05, 0) is 75.9 Å². The maximum atomic E-state index is 14.7. The van der Waals surface area contributed by atoms with Gasteiger partial charge in [0.15, 0.2) is 0 Å². The van der Waals surface area contributed by atoms with Crippen LogP contribution >= 0.6 is 0 Å². The molecule has 0 atom stereocenters. The minimum atomic E-state index is -0.327. The molecular formula is C23H31FN6O. The van der Waals surface area contributed by atoms with Gasteiger partial charge >= 0.3 is 0 Å². The number of likely N-dealkylation sites (tertiary alicyclic amines) is 1. The van der Waals surface area contributed by atoms with Gasteiger partial charge in [-0.3, -0.25) is 4.90 Å². The molecule has 0 saturated carbocycles. The predicted octanol–water partition coefficient (Wildman–Crippen LogP) is 3.99. The Morgan fingerprint density at radius 3 is 2.65 bits per heavy atom. The van der Waals surface area contributed by atoms with Crippen molar-refractivity contribution in [3.05, 3.63) is 35.6 Å². The molecule has 0 bridgehead atoms. The van der Waals surface area contributed by atoms with Gasteiger partial charge in [-0.15, -0.1) is 0 Å². The van der Waals surface area contributed by atoms with Crippen molar-refractivity contribution in [1.29, 1.82) is 0 Å². The maximum Gasteiger partial charge on any atom is 0.291 e. The average molecular weight is 427 g/mol. The fourth-order valence-electron chi connectivity index (χ4n) is 5.15. The zero-order valence-corrected chi connectivity index (χ0v) is 18.6. The van der Waals surface area contributed by atoms with Gasteiger partial charge in [0, 0.05) is 16.8 Å². The van der Waals surface area contributed by atoms with E-state index in [2.05, 4.69) is 46.2 Å². The van der Waals surface area contributed by atoms with E-state index in [1.54, 1.807) is 6.07 Å². The van der Waals surface area contributed by atoms with Crippen molar-refractivity contribution in [2.24, 2.45) is 0 Å². The van der Waals surface area contributed by atoms with Crippen molar-refractivity contribution in [3.63, 3.8) is 0 Å². The highest BCUT2D eigenvalue weighted by Gasteiger charge is 2.37. The molecule has 2 aliphatic rings. The fourth-order valence-corrected chi connectivity index (χ4v) is 5.15. The molecule has 5 rings (SSSR count). The molecular weight excluding hydrogens is 395 g/mol. The van der Waals surface area contributed by atoms with Crippen molar-refractivity contribution < 1.29 is 8.91 Å². The van der Waals surface area contributed by atoms with Gasteiger partial charge in [-0.2, -0.15) is 14.8 Å². The molecule has 0 aliphatic carbocycles. The van der Waals surface area contributed by atoms with E-state index in [4.69, 9.17) is 4.52 Å². The third-order valence-electron chi connectivity index (χ3n) is 7.14. The minimum absolute atomic E-state index is 0.164. The Kier molecular flexibility index (Phi) is 5.30. The summed E-state index contributed by atoms with van der Waals surface area (Å²) in [7, 11) is 0. The van der Waals surface area contributed by atoms with Crippen molar-refractivity contribution in [2.75, 3.05) is 26.2 Å². The van der Waals surface area contributed by atoms with Crippen LogP contribution in [0.5, 0.6) is 0 Å². The number of fused-ring (bicyclic) bond motifs is 1. The summed E-state index contributed by atoms with van der Waals surface area (Å²) >= 11 is 0. The van der Waals surface area contributed by atoms with Crippen LogP contribution in [-0.2, 0) is 0 Å². The molecule has 31 heavy (non-hydrogen) atoms. The summed E-state index contributed by atoms with van der Waals surface area (Å²) in [5.74, 6) is 1.02. The first-order valence-corrected chi connectivity index (χ1v) is 11.4. The monoisotopic (exact) mass is 426 g/mol. The lowest BCUT2D eigenvalue weighted by molar-refractivity contribution is 0.0453. The summed E-state index contributed by atoms with van der Waals surface area (Å²) in [5.41, 5.74) is 1.53. The van der Waals surface area contributed by atoms with E-state index in [0.29, 0.717) is 17.4 Å². The second-order valence-electron chi connectivity index (χ2n) is 9.53. The Labute approximate surface area is 182 Å². The maximum absolute atomic E-state index is 14.7. The standard InChI is InChI=1S/C23H31FN6O/c1-15(2)19-17-5-4-6-18(24)20(17)30(27-19)22-26-21(31-28-22)16-7-13-29(14-8-16)23(3)9-11-25-12-10-23/h4-6,15-16,25H,7-14H2,1-3H3. The number of para-hydroxylation sites is 1. The summed E-state index contributed by atoms with van der Waals surface area (Å²) in [6.07, 6.45) is 4.38. The largest absolute Gasteiger partial charge is 0.337 e. The first-order chi connectivity index (χ1) is 15.0. The lowest BCUT2D eigenvalue weighted by atomic mass is 9.85. The topological polar surface area (TPSA) is 72.0 Å². The first kappa shape index (κ1) is 20.6. The van der Waals surface area contributed by atoms with E-state index in [9.17, 15) is 4.39 Å². The van der Waals surface area contributed by atoms with Gasteiger partial charge in [0.25, 0.3) is 5.95 Å². The van der Waals surface area contributed by atoms with Crippen LogP contribution in [-0.4, -0.2) is 56.5 Å². The van der Waals surface area contributed by atoms with Crippen molar-refractivity contribution in [1.82, 2.24) is 30.1 Å². The first-order valence-electron chi connectivity index (χ1n) is 11.4. The second kappa shape index (κ2) is 7.98. The van der Waals surface area contributed by atoms with E-state index < -0.39 is 0 Å². The van der Waals surface area contributed by atoms with E-state index in [0.717, 1.165) is 50.1 Å². The lowest BCUT2D eigenvalue weighted by Gasteiger charge is -2.47. The fraction of sp³-hybridized carbons (Fsp3) is 0.609. The normalized spacial score (nSPS) is 20.7. The van der Waals surface area contributed by atoms with Gasteiger partial charge in [0.1, 0.15) is 11.3 Å². The van der Waals surface area contributed by atoms with Crippen LogP contribution in [0.1, 0.15) is 69.9 Å². The number of nitrogens with one attached hydrogen (secondary N) is 1. The molecule has 0 radical (unpaired) electrons. The van der Waals surface area contributed by atoms with Gasteiger partial charge in [0.05, 0.1) is 5.69 Å². The molecule has 0 unspecified atom stereocenters. The van der Waals surface area contributed by atoms with Crippen LogP contribution in [0.15, 0.2) is 22.7 Å². The number of halogens is 1. The summed E-state index contributed by atoms with van der Waals surface area (Å²) in [6.45, 7) is 10.8. The number of piperidine rings is 2. The van der Waals surface area contributed by atoms with Crippen LogP contribution in [0.2, 0.25) is 0 Å². The van der Waals surface area contributed by atoms with E-state index in [1.807, 2.05) is 6.07 Å². The van der Waals surface area contributed by atoms with Gasteiger partial charge in [-0.1, -0.05) is 26.0 Å². The Bertz CT molecular complexity index is 1060. The molecule has 7 nitrogen and oxygen atoms in total. The molecule has 166 valence electrons. The molecule has 0 amide bonds. The highest BCUT2D eigenvalue weighted by Crippen LogP contribution is 2.34. The Morgan fingerprint density at radius 2 is 1.94 bits per heavy atom. The third-order valence-corrected chi connectivity index (χ3v) is 7.14. The minimum Gasteiger partial charge on any atom is -0.337 e. The highest BCUT2D eigenvalue weighted by molar-refractivity contribution is 5.84. The van der Waals surface area contributed by atoms with Crippen LogP contribution in [0.25, 0.3) is 16.9 Å². The van der Waals surface area contributed by atoms with Gasteiger partial charge < -0.3 is 9.84 Å². The Balaban J connectivity index is 1.37. The quantitative estimate of drug-likeness (QED) is 0.680. The third kappa shape index (κ3) is 3.65. The van der Waals surface area contributed by atoms with Crippen molar-refractivity contribution in [3.8, 4) is 5.95 Å². The van der Waals surface area contributed by atoms with Crippen LogP contribution < -0.4 is 5.32 Å². The molecule has 2 aliphatic heterocycles. The number of rotatable bonds is 4. The number of benzene rings is 1. The number of hydrogen-bond acceptors (Lipinski definition) is 6. The average Bonchev–Trinajstić information content (AvgIpc) is 3.40. The molecule has 3 aromatic rings. The van der Waals surface area contributed by atoms with E-state index >= 15 is 0 Å². The smallest absolute Gasteiger partial charge is 0.291 e. The van der Waals surface area contributed by atoms with Gasteiger partial charge in [0.2, 0.25) is 5.89 Å². The second-order valence-corrected chi connectivity index (χ2v) is 9.53. The molecule has 0 spiro atoms. The molecule has 2 aromatic heterocycles. The number of hydrogen-bond donors (Lipinski definition) is 1. The Morgan fingerprint density at radius 1 is 1.19 bits per heavy atom. The lowest BCUT2D eigenvalue weighted by Crippen LogP contribution is -2.54. The molecule has 8 heteroatoms. The summed E-state index contributed by atoms with van der Waals surface area (Å²) in [4.78, 5) is 7.28. The van der Waals surface area contributed by atoms with Crippen molar-refractivity contribution in [2.45, 2.75) is 63.8 Å². The number of aromatic nitrogens is 4. The van der Waals surface area contributed by atoms with Gasteiger partial charge in [-0.25, -0.2) is 4.39 Å². The summed E-state index contributed by atoms with van der Waals surface area (Å²) < 4.78 is 21.8. The Hall–Kier alpha value is -2.32. The van der Waals surface area contributed by atoms with Crippen LogP contribution in [0, 0.1) is 5.82 Å². The highest BCUT2D eigenvalue weighted by atomic mass is 19.1. The van der Waals surface area contributed by atoms with Crippen molar-refractivity contribution >= 4 is 10.9 Å². The SMILES string of the molecule is CC(C)c1nn(-c2noc(C3CCN(C4(C)CCNCC4)CC3)n2)c2c(F)cccc12. The zero-order chi connectivity index (χ0) is 21.6.